The van der Waals surface area contributed by atoms with Gasteiger partial charge < -0.3 is 5.32 Å². The number of piperidine rings is 1. The molecule has 1 aromatic carbocycles. The smallest absolute Gasteiger partial charge is 0.126 e. The van der Waals surface area contributed by atoms with Crippen LogP contribution in [0, 0.1) is 18.7 Å². The summed E-state index contributed by atoms with van der Waals surface area (Å²) in [4.78, 5) is 0. The van der Waals surface area contributed by atoms with Crippen molar-refractivity contribution in [2.75, 3.05) is 13.1 Å². The summed E-state index contributed by atoms with van der Waals surface area (Å²) in [5, 5.41) is 3.35. The second kappa shape index (κ2) is 6.21. The molecule has 0 bridgehead atoms. The first-order valence-corrected chi connectivity index (χ1v) is 5.71. The van der Waals surface area contributed by atoms with Gasteiger partial charge in [0, 0.05) is 0 Å². The molecule has 0 unspecified atom stereocenters. The van der Waals surface area contributed by atoms with E-state index >= 15 is 0 Å². The average Bonchev–Trinajstić information content (AvgIpc) is 2.25. The first kappa shape index (κ1) is 13.5. The van der Waals surface area contributed by atoms with Crippen LogP contribution in [-0.4, -0.2) is 13.1 Å². The topological polar surface area (TPSA) is 12.0 Å². The Hall–Kier alpha value is -0.600. The highest BCUT2D eigenvalue weighted by Gasteiger charge is 2.13. The van der Waals surface area contributed by atoms with Gasteiger partial charge in [-0.3, -0.25) is 0 Å². The second-order valence-corrected chi connectivity index (χ2v) is 4.48. The van der Waals surface area contributed by atoms with Crippen molar-refractivity contribution in [2.24, 2.45) is 5.92 Å². The number of rotatable bonds is 2. The largest absolute Gasteiger partial charge is 0.317 e. The number of hydrogen-bond donors (Lipinski definition) is 1. The summed E-state index contributed by atoms with van der Waals surface area (Å²) < 4.78 is 13.3. The maximum absolute atomic E-state index is 13.3. The fraction of sp³-hybridized carbons (Fsp3) is 0.538. The molecule has 1 N–H and O–H groups in total. The predicted molar refractivity (Wildman–Crippen MR) is 67.7 cm³/mol. The minimum Gasteiger partial charge on any atom is -0.317 e. The molecule has 1 aromatic rings. The third-order valence-electron chi connectivity index (χ3n) is 3.22. The monoisotopic (exact) mass is 243 g/mol. The minimum atomic E-state index is -0.0681. The molecule has 1 nitrogen and oxygen atoms in total. The van der Waals surface area contributed by atoms with Crippen molar-refractivity contribution in [3.8, 4) is 0 Å². The van der Waals surface area contributed by atoms with Crippen molar-refractivity contribution in [1.82, 2.24) is 5.32 Å². The standard InChI is InChI=1S/C13H18FN.ClH/c1-10-2-3-12(9-13(10)14)8-11-4-6-15-7-5-11;/h2-3,9,11,15H,4-8H2,1H3;1H. The molecule has 90 valence electrons. The van der Waals surface area contributed by atoms with Crippen molar-refractivity contribution >= 4 is 12.4 Å². The van der Waals surface area contributed by atoms with Crippen LogP contribution < -0.4 is 5.32 Å². The third kappa shape index (κ3) is 3.46. The van der Waals surface area contributed by atoms with Gasteiger partial charge in [-0.1, -0.05) is 12.1 Å². The summed E-state index contributed by atoms with van der Waals surface area (Å²) in [6, 6.07) is 5.63. The van der Waals surface area contributed by atoms with Crippen LogP contribution in [0.1, 0.15) is 24.0 Å². The summed E-state index contributed by atoms with van der Waals surface area (Å²) >= 11 is 0. The Kier molecular flexibility index (Phi) is 5.23. The minimum absolute atomic E-state index is 0. The predicted octanol–water partition coefficient (Wildman–Crippen LogP) is 3.10. The average molecular weight is 244 g/mol. The van der Waals surface area contributed by atoms with E-state index in [1.165, 1.54) is 12.8 Å². The fourth-order valence-electron chi connectivity index (χ4n) is 2.18. The maximum atomic E-state index is 13.3. The maximum Gasteiger partial charge on any atom is 0.126 e. The fourth-order valence-corrected chi connectivity index (χ4v) is 2.18. The van der Waals surface area contributed by atoms with Gasteiger partial charge in [0.05, 0.1) is 0 Å². The molecule has 16 heavy (non-hydrogen) atoms. The Morgan fingerprint density at radius 1 is 1.31 bits per heavy atom. The van der Waals surface area contributed by atoms with Crippen LogP contribution in [0.4, 0.5) is 4.39 Å². The molecule has 0 saturated carbocycles. The van der Waals surface area contributed by atoms with Gasteiger partial charge >= 0.3 is 0 Å². The Balaban J connectivity index is 0.00000128. The van der Waals surface area contributed by atoms with E-state index < -0.39 is 0 Å². The van der Waals surface area contributed by atoms with Gasteiger partial charge in [-0.05, 0) is 62.4 Å². The lowest BCUT2D eigenvalue weighted by molar-refractivity contribution is 0.372. The van der Waals surface area contributed by atoms with Gasteiger partial charge in [-0.2, -0.15) is 0 Å². The van der Waals surface area contributed by atoms with Crippen molar-refractivity contribution in [3.63, 3.8) is 0 Å². The van der Waals surface area contributed by atoms with E-state index in [-0.39, 0.29) is 18.2 Å². The summed E-state index contributed by atoms with van der Waals surface area (Å²) in [5.41, 5.74) is 1.88. The zero-order valence-corrected chi connectivity index (χ0v) is 10.4. The molecular weight excluding hydrogens is 225 g/mol. The molecule has 1 aliphatic rings. The van der Waals surface area contributed by atoms with E-state index in [1.54, 1.807) is 6.07 Å². The normalized spacial score (nSPS) is 16.9. The van der Waals surface area contributed by atoms with Crippen molar-refractivity contribution in [1.29, 1.82) is 0 Å². The summed E-state index contributed by atoms with van der Waals surface area (Å²) in [5.74, 6) is 0.662. The molecule has 1 fully saturated rings. The Morgan fingerprint density at radius 3 is 2.62 bits per heavy atom. The van der Waals surface area contributed by atoms with E-state index in [0.717, 1.165) is 36.6 Å². The van der Waals surface area contributed by atoms with Crippen molar-refractivity contribution in [2.45, 2.75) is 26.2 Å². The summed E-state index contributed by atoms with van der Waals surface area (Å²) in [6.07, 6.45) is 3.46. The van der Waals surface area contributed by atoms with Gasteiger partial charge in [0.15, 0.2) is 0 Å². The van der Waals surface area contributed by atoms with E-state index in [2.05, 4.69) is 11.4 Å². The van der Waals surface area contributed by atoms with Gasteiger partial charge in [0.25, 0.3) is 0 Å². The highest BCUT2D eigenvalue weighted by Crippen LogP contribution is 2.19. The first-order chi connectivity index (χ1) is 7.25. The zero-order chi connectivity index (χ0) is 10.7. The van der Waals surface area contributed by atoms with Crippen LogP contribution in [0.2, 0.25) is 0 Å². The molecule has 1 aliphatic heterocycles. The lowest BCUT2D eigenvalue weighted by Gasteiger charge is -2.22. The zero-order valence-electron chi connectivity index (χ0n) is 9.63. The Morgan fingerprint density at radius 2 is 2.00 bits per heavy atom. The highest BCUT2D eigenvalue weighted by molar-refractivity contribution is 5.85. The quantitative estimate of drug-likeness (QED) is 0.842. The molecule has 0 spiro atoms. The van der Waals surface area contributed by atoms with E-state index in [1.807, 2.05) is 13.0 Å². The molecule has 0 aliphatic carbocycles. The first-order valence-electron chi connectivity index (χ1n) is 5.71. The van der Waals surface area contributed by atoms with E-state index in [4.69, 9.17) is 0 Å². The Labute approximate surface area is 103 Å². The molecular formula is C13H19ClFN. The SMILES string of the molecule is Cc1ccc(CC2CCNCC2)cc1F.Cl. The molecule has 0 radical (unpaired) electrons. The number of nitrogens with one attached hydrogen (secondary N) is 1. The summed E-state index contributed by atoms with van der Waals surface area (Å²) in [6.45, 7) is 4.03. The number of aryl methyl sites for hydroxylation is 1. The van der Waals surface area contributed by atoms with Crippen LogP contribution in [0.5, 0.6) is 0 Å². The number of benzene rings is 1. The molecule has 2 rings (SSSR count). The Bertz CT molecular complexity index is 335. The van der Waals surface area contributed by atoms with Gasteiger partial charge in [-0.25, -0.2) is 4.39 Å². The molecule has 0 atom stereocenters. The van der Waals surface area contributed by atoms with E-state index in [0.29, 0.717) is 0 Å². The molecule has 0 aromatic heterocycles. The number of halogens is 2. The van der Waals surface area contributed by atoms with Crippen molar-refractivity contribution < 1.29 is 4.39 Å². The third-order valence-corrected chi connectivity index (χ3v) is 3.22. The molecule has 1 saturated heterocycles. The van der Waals surface area contributed by atoms with Crippen LogP contribution >= 0.6 is 12.4 Å². The molecule has 3 heteroatoms. The lowest BCUT2D eigenvalue weighted by Crippen LogP contribution is -2.28. The second-order valence-electron chi connectivity index (χ2n) is 4.48. The lowest BCUT2D eigenvalue weighted by atomic mass is 9.91. The van der Waals surface area contributed by atoms with E-state index in [9.17, 15) is 4.39 Å². The van der Waals surface area contributed by atoms with Crippen LogP contribution in [0.15, 0.2) is 18.2 Å². The highest BCUT2D eigenvalue weighted by atomic mass is 35.5. The molecule has 1 heterocycles. The van der Waals surface area contributed by atoms with Gasteiger partial charge in [0.2, 0.25) is 0 Å². The molecule has 0 amide bonds. The van der Waals surface area contributed by atoms with Crippen LogP contribution in [-0.2, 0) is 6.42 Å². The van der Waals surface area contributed by atoms with Gasteiger partial charge in [0.1, 0.15) is 5.82 Å². The summed E-state index contributed by atoms with van der Waals surface area (Å²) in [7, 11) is 0. The van der Waals surface area contributed by atoms with Crippen LogP contribution in [0.25, 0.3) is 0 Å². The number of hydrogen-bond acceptors (Lipinski definition) is 1. The van der Waals surface area contributed by atoms with Crippen LogP contribution in [0.3, 0.4) is 0 Å². The van der Waals surface area contributed by atoms with Gasteiger partial charge in [-0.15, -0.1) is 12.4 Å². The van der Waals surface area contributed by atoms with Crippen molar-refractivity contribution in [3.05, 3.63) is 35.1 Å².